The molecule has 1 amide bonds. The second-order valence-electron chi connectivity index (χ2n) is 2.63. The number of amides is 1. The van der Waals surface area contributed by atoms with Crippen molar-refractivity contribution < 1.29 is 4.79 Å². The number of nitrogens with zero attached hydrogens (tertiary/aromatic N) is 1. The molecule has 1 aliphatic heterocycles. The van der Waals surface area contributed by atoms with Gasteiger partial charge in [-0.2, -0.15) is 0 Å². The summed E-state index contributed by atoms with van der Waals surface area (Å²) in [5.74, 6) is 0.141. The van der Waals surface area contributed by atoms with E-state index in [2.05, 4.69) is 13.2 Å². The van der Waals surface area contributed by atoms with E-state index >= 15 is 0 Å². The van der Waals surface area contributed by atoms with Crippen molar-refractivity contribution in [2.24, 2.45) is 0 Å². The number of carbonyl (C=O) groups excluding carboxylic acids is 1. The summed E-state index contributed by atoms with van der Waals surface area (Å²) in [7, 11) is 0. The van der Waals surface area contributed by atoms with E-state index in [1.54, 1.807) is 17.1 Å². The lowest BCUT2D eigenvalue weighted by Crippen LogP contribution is -2.23. The fourth-order valence-corrected chi connectivity index (χ4v) is 1.42. The zero-order chi connectivity index (χ0) is 9.14. The minimum atomic E-state index is 0.141. The predicted molar refractivity (Wildman–Crippen MR) is 49.4 cm³/mol. The van der Waals surface area contributed by atoms with Gasteiger partial charge in [-0.1, -0.05) is 19.2 Å². The third-order valence-corrected chi connectivity index (χ3v) is 2.02. The van der Waals surface area contributed by atoms with Gasteiger partial charge in [-0.3, -0.25) is 4.79 Å². The highest BCUT2D eigenvalue weighted by atomic mass is 16.2. The Kier molecular flexibility index (Phi) is 2.48. The molecular weight excluding hydrogens is 150 g/mol. The molecule has 0 bridgehead atoms. The fourth-order valence-electron chi connectivity index (χ4n) is 1.42. The molecule has 0 fully saturated rings. The third-order valence-electron chi connectivity index (χ3n) is 2.02. The number of carbonyl (C=O) groups is 1. The fraction of sp³-hybridized carbons (Fsp3) is 0.300. The third kappa shape index (κ3) is 1.20. The van der Waals surface area contributed by atoms with Crippen LogP contribution in [0, 0.1) is 0 Å². The Balaban J connectivity index is 3.02. The maximum Gasteiger partial charge on any atom is 0.231 e. The average Bonchev–Trinajstić information content (AvgIpc) is 2.40. The summed E-state index contributed by atoms with van der Waals surface area (Å²) in [5.41, 5.74) is 1.90. The topological polar surface area (TPSA) is 20.3 Å². The summed E-state index contributed by atoms with van der Waals surface area (Å²) in [6.45, 7) is 9.99. The molecular formula is C10H13NO. The number of hydrogen-bond donors (Lipinski definition) is 0. The van der Waals surface area contributed by atoms with Gasteiger partial charge in [0.1, 0.15) is 0 Å². The molecule has 1 aliphatic rings. The maximum absolute atomic E-state index is 11.3. The zero-order valence-electron chi connectivity index (χ0n) is 7.34. The van der Waals surface area contributed by atoms with Crippen molar-refractivity contribution >= 4 is 5.91 Å². The molecule has 2 heteroatoms. The van der Waals surface area contributed by atoms with Gasteiger partial charge in [0.25, 0.3) is 0 Å². The lowest BCUT2D eigenvalue weighted by Gasteiger charge is -2.14. The zero-order valence-corrected chi connectivity index (χ0v) is 7.34. The van der Waals surface area contributed by atoms with E-state index in [1.165, 1.54) is 0 Å². The minimum absolute atomic E-state index is 0.141. The summed E-state index contributed by atoms with van der Waals surface area (Å²) in [6.07, 6.45) is 3.91. The molecule has 0 aromatic heterocycles. The van der Waals surface area contributed by atoms with Crippen LogP contribution in [0.1, 0.15) is 13.3 Å². The van der Waals surface area contributed by atoms with Gasteiger partial charge in [0.15, 0.2) is 0 Å². The minimum Gasteiger partial charge on any atom is -0.312 e. The van der Waals surface area contributed by atoms with E-state index in [-0.39, 0.29) is 5.91 Å². The lowest BCUT2D eigenvalue weighted by atomic mass is 10.2. The monoisotopic (exact) mass is 163 g/mol. The van der Waals surface area contributed by atoms with Crippen LogP contribution in [0.15, 0.2) is 36.6 Å². The van der Waals surface area contributed by atoms with Gasteiger partial charge in [0.05, 0.1) is 6.42 Å². The van der Waals surface area contributed by atoms with Gasteiger partial charge < -0.3 is 4.90 Å². The van der Waals surface area contributed by atoms with E-state index < -0.39 is 0 Å². The molecule has 0 aliphatic carbocycles. The quantitative estimate of drug-likeness (QED) is 0.622. The SMILES string of the molecule is C=CC1=C(C=C)N(CC)C(=O)C1. The molecule has 2 nitrogen and oxygen atoms in total. The van der Waals surface area contributed by atoms with Gasteiger partial charge >= 0.3 is 0 Å². The summed E-state index contributed by atoms with van der Waals surface area (Å²) >= 11 is 0. The van der Waals surface area contributed by atoms with Crippen LogP contribution in [0.2, 0.25) is 0 Å². The van der Waals surface area contributed by atoms with Crippen LogP contribution < -0.4 is 0 Å². The molecule has 64 valence electrons. The highest BCUT2D eigenvalue weighted by Gasteiger charge is 2.24. The first kappa shape index (κ1) is 8.78. The van der Waals surface area contributed by atoms with E-state index in [4.69, 9.17) is 0 Å². The van der Waals surface area contributed by atoms with Crippen molar-refractivity contribution in [2.45, 2.75) is 13.3 Å². The molecule has 12 heavy (non-hydrogen) atoms. The van der Waals surface area contributed by atoms with Crippen LogP contribution in [-0.4, -0.2) is 17.4 Å². The normalized spacial score (nSPS) is 17.1. The van der Waals surface area contributed by atoms with Gasteiger partial charge in [0.2, 0.25) is 5.91 Å². The maximum atomic E-state index is 11.3. The first-order valence-corrected chi connectivity index (χ1v) is 4.03. The lowest BCUT2D eigenvalue weighted by molar-refractivity contribution is -0.126. The second-order valence-corrected chi connectivity index (χ2v) is 2.63. The van der Waals surface area contributed by atoms with E-state index in [9.17, 15) is 4.79 Å². The van der Waals surface area contributed by atoms with Crippen LogP contribution >= 0.6 is 0 Å². The van der Waals surface area contributed by atoms with Gasteiger partial charge in [-0.15, -0.1) is 0 Å². The first-order valence-electron chi connectivity index (χ1n) is 4.03. The number of rotatable bonds is 3. The number of hydrogen-bond acceptors (Lipinski definition) is 1. The molecule has 0 atom stereocenters. The van der Waals surface area contributed by atoms with Crippen molar-refractivity contribution in [2.75, 3.05) is 6.54 Å². The highest BCUT2D eigenvalue weighted by Crippen LogP contribution is 2.24. The Hall–Kier alpha value is -1.31. The molecule has 0 saturated heterocycles. The van der Waals surface area contributed by atoms with Crippen molar-refractivity contribution in [3.05, 3.63) is 36.6 Å². The Morgan fingerprint density at radius 2 is 2.17 bits per heavy atom. The highest BCUT2D eigenvalue weighted by molar-refractivity contribution is 5.86. The van der Waals surface area contributed by atoms with Crippen molar-refractivity contribution in [3.8, 4) is 0 Å². The Morgan fingerprint density at radius 3 is 2.58 bits per heavy atom. The molecule has 1 rings (SSSR count). The molecule has 0 spiro atoms. The summed E-state index contributed by atoms with van der Waals surface area (Å²) < 4.78 is 0. The van der Waals surface area contributed by atoms with Gasteiger partial charge in [-0.05, 0) is 18.6 Å². The molecule has 0 saturated carbocycles. The smallest absolute Gasteiger partial charge is 0.231 e. The molecule has 1 heterocycles. The van der Waals surface area contributed by atoms with E-state index in [1.807, 2.05) is 6.92 Å². The Labute approximate surface area is 72.9 Å². The average molecular weight is 163 g/mol. The van der Waals surface area contributed by atoms with Crippen molar-refractivity contribution in [3.63, 3.8) is 0 Å². The van der Waals surface area contributed by atoms with Crippen LogP contribution in [0.5, 0.6) is 0 Å². The van der Waals surface area contributed by atoms with Crippen LogP contribution in [-0.2, 0) is 4.79 Å². The molecule has 0 aromatic rings. The molecule has 0 N–H and O–H groups in total. The first-order chi connectivity index (χ1) is 5.74. The number of likely N-dealkylation sites (N-methyl/N-ethyl adjacent to an activating group) is 1. The molecule has 0 radical (unpaired) electrons. The van der Waals surface area contributed by atoms with Crippen molar-refractivity contribution in [1.82, 2.24) is 4.90 Å². The van der Waals surface area contributed by atoms with Gasteiger partial charge in [-0.25, -0.2) is 0 Å². The van der Waals surface area contributed by atoms with Crippen LogP contribution in [0.3, 0.4) is 0 Å². The predicted octanol–water partition coefficient (Wildman–Crippen LogP) is 1.86. The molecule has 0 aromatic carbocycles. The standard InChI is InChI=1S/C10H13NO/c1-4-8-7-10(12)11(6-3)9(8)5-2/h4-5H,1-2,6-7H2,3H3. The largest absolute Gasteiger partial charge is 0.312 e. The molecule has 0 unspecified atom stereocenters. The van der Waals surface area contributed by atoms with Crippen LogP contribution in [0.4, 0.5) is 0 Å². The number of allylic oxidation sites excluding steroid dienone is 2. The second kappa shape index (κ2) is 3.39. The summed E-state index contributed by atoms with van der Waals surface area (Å²) in [4.78, 5) is 13.1. The van der Waals surface area contributed by atoms with Crippen LogP contribution in [0.25, 0.3) is 0 Å². The van der Waals surface area contributed by atoms with E-state index in [0.717, 1.165) is 11.3 Å². The van der Waals surface area contributed by atoms with E-state index in [0.29, 0.717) is 13.0 Å². The Morgan fingerprint density at radius 1 is 1.50 bits per heavy atom. The van der Waals surface area contributed by atoms with Gasteiger partial charge in [0, 0.05) is 12.2 Å². The Bertz CT molecular complexity index is 263. The summed E-state index contributed by atoms with van der Waals surface area (Å²) in [5, 5.41) is 0. The summed E-state index contributed by atoms with van der Waals surface area (Å²) in [6, 6.07) is 0. The van der Waals surface area contributed by atoms with Crippen molar-refractivity contribution in [1.29, 1.82) is 0 Å².